The molecule has 0 unspecified atom stereocenters. The Balaban J connectivity index is 2.04. The average Bonchev–Trinajstić information content (AvgIpc) is 2.80. The van der Waals surface area contributed by atoms with Crippen molar-refractivity contribution in [3.05, 3.63) is 40.5 Å². The van der Waals surface area contributed by atoms with Gasteiger partial charge < -0.3 is 20.1 Å². The highest BCUT2D eigenvalue weighted by atomic mass is 16.5. The molecule has 0 bridgehead atoms. The van der Waals surface area contributed by atoms with Gasteiger partial charge in [0, 0.05) is 29.9 Å². The van der Waals surface area contributed by atoms with Crippen LogP contribution >= 0.6 is 0 Å². The zero-order chi connectivity index (χ0) is 13.8. The summed E-state index contributed by atoms with van der Waals surface area (Å²) in [4.78, 5) is 4.01. The van der Waals surface area contributed by atoms with E-state index in [-0.39, 0.29) is 12.4 Å². The number of aromatic nitrogens is 2. The summed E-state index contributed by atoms with van der Waals surface area (Å²) in [5.74, 6) is 0.848. The van der Waals surface area contributed by atoms with E-state index in [1.54, 1.807) is 13.1 Å². The molecule has 0 aliphatic carbocycles. The van der Waals surface area contributed by atoms with Crippen molar-refractivity contribution in [2.24, 2.45) is 0 Å². The molecular formula is C13H17N3O3. The van der Waals surface area contributed by atoms with Crippen LogP contribution < -0.4 is 5.32 Å². The van der Waals surface area contributed by atoms with E-state index in [1.807, 2.05) is 13.0 Å². The Hall–Kier alpha value is -1.92. The third kappa shape index (κ3) is 3.10. The highest BCUT2D eigenvalue weighted by Gasteiger charge is 2.11. The van der Waals surface area contributed by atoms with Gasteiger partial charge in [-0.2, -0.15) is 0 Å². The van der Waals surface area contributed by atoms with Gasteiger partial charge in [0.15, 0.2) is 5.76 Å². The highest BCUT2D eigenvalue weighted by molar-refractivity contribution is 5.40. The molecule has 0 amide bonds. The van der Waals surface area contributed by atoms with Crippen LogP contribution in [0.4, 0.5) is 0 Å². The summed E-state index contributed by atoms with van der Waals surface area (Å²) in [7, 11) is 0. The maximum absolute atomic E-state index is 9.96. The van der Waals surface area contributed by atoms with Crippen molar-refractivity contribution in [2.75, 3.05) is 0 Å². The van der Waals surface area contributed by atoms with Gasteiger partial charge in [0.05, 0.1) is 24.5 Å². The van der Waals surface area contributed by atoms with Crippen LogP contribution in [0.15, 0.2) is 16.8 Å². The van der Waals surface area contributed by atoms with Crippen LogP contribution in [0.1, 0.15) is 28.3 Å². The largest absolute Gasteiger partial charge is 0.506 e. The van der Waals surface area contributed by atoms with Crippen molar-refractivity contribution in [2.45, 2.75) is 33.5 Å². The summed E-state index contributed by atoms with van der Waals surface area (Å²) < 4.78 is 5.08. The van der Waals surface area contributed by atoms with Crippen LogP contribution in [0, 0.1) is 13.8 Å². The lowest BCUT2D eigenvalue weighted by atomic mass is 10.1. The van der Waals surface area contributed by atoms with Crippen LogP contribution in [0.3, 0.4) is 0 Å². The maximum Gasteiger partial charge on any atom is 0.150 e. The van der Waals surface area contributed by atoms with E-state index in [1.165, 1.54) is 0 Å². The van der Waals surface area contributed by atoms with Crippen molar-refractivity contribution >= 4 is 0 Å². The Bertz CT molecular complexity index is 566. The number of aliphatic hydroxyl groups excluding tert-OH is 1. The van der Waals surface area contributed by atoms with Crippen molar-refractivity contribution < 1.29 is 14.7 Å². The quantitative estimate of drug-likeness (QED) is 0.750. The number of pyridine rings is 1. The first-order valence-electron chi connectivity index (χ1n) is 6.02. The third-order valence-electron chi connectivity index (χ3n) is 2.88. The van der Waals surface area contributed by atoms with E-state index in [4.69, 9.17) is 4.52 Å². The molecule has 0 saturated carbocycles. The number of nitrogens with zero attached hydrogens (tertiary/aromatic N) is 2. The van der Waals surface area contributed by atoms with Crippen LogP contribution in [0.25, 0.3) is 0 Å². The maximum atomic E-state index is 9.96. The minimum absolute atomic E-state index is 0.118. The van der Waals surface area contributed by atoms with Crippen LogP contribution in [-0.2, 0) is 19.7 Å². The van der Waals surface area contributed by atoms with Gasteiger partial charge in [-0.1, -0.05) is 5.16 Å². The van der Waals surface area contributed by atoms with Crippen LogP contribution in [0.2, 0.25) is 0 Å². The summed E-state index contributed by atoms with van der Waals surface area (Å²) in [5.41, 5.74) is 2.65. The second-order valence-electron chi connectivity index (χ2n) is 4.39. The Morgan fingerprint density at radius 3 is 2.74 bits per heavy atom. The van der Waals surface area contributed by atoms with E-state index in [2.05, 4.69) is 15.5 Å². The van der Waals surface area contributed by atoms with E-state index in [0.717, 1.165) is 11.5 Å². The minimum atomic E-state index is -0.154. The Kier molecular flexibility index (Phi) is 4.13. The van der Waals surface area contributed by atoms with Crippen LogP contribution in [-0.4, -0.2) is 20.4 Å². The minimum Gasteiger partial charge on any atom is -0.506 e. The lowest BCUT2D eigenvalue weighted by molar-refractivity contribution is 0.278. The molecule has 6 nitrogen and oxygen atoms in total. The smallest absolute Gasteiger partial charge is 0.150 e. The number of hydrogen-bond donors (Lipinski definition) is 3. The van der Waals surface area contributed by atoms with E-state index in [9.17, 15) is 10.2 Å². The summed E-state index contributed by atoms with van der Waals surface area (Å²) >= 11 is 0. The molecule has 19 heavy (non-hydrogen) atoms. The SMILES string of the molecule is Cc1cc(CNCc2c(CO)cnc(C)c2O)on1. The van der Waals surface area contributed by atoms with Crippen molar-refractivity contribution in [3.8, 4) is 5.75 Å². The molecule has 0 radical (unpaired) electrons. The van der Waals surface area contributed by atoms with E-state index in [0.29, 0.717) is 29.9 Å². The number of hydrogen-bond acceptors (Lipinski definition) is 6. The molecule has 0 aliphatic rings. The number of rotatable bonds is 5. The van der Waals surface area contributed by atoms with Gasteiger partial charge in [0.2, 0.25) is 0 Å². The van der Waals surface area contributed by atoms with Crippen LogP contribution in [0.5, 0.6) is 5.75 Å². The molecule has 0 aliphatic heterocycles. The van der Waals surface area contributed by atoms with Crippen molar-refractivity contribution in [1.82, 2.24) is 15.5 Å². The topological polar surface area (TPSA) is 91.4 Å². The highest BCUT2D eigenvalue weighted by Crippen LogP contribution is 2.23. The van der Waals surface area contributed by atoms with Gasteiger partial charge in [0.25, 0.3) is 0 Å². The zero-order valence-electron chi connectivity index (χ0n) is 11.0. The second-order valence-corrected chi connectivity index (χ2v) is 4.39. The number of aliphatic hydroxyl groups is 1. The summed E-state index contributed by atoms with van der Waals surface area (Å²) in [6.07, 6.45) is 1.57. The second kappa shape index (κ2) is 5.81. The molecule has 0 saturated heterocycles. The van der Waals surface area contributed by atoms with Gasteiger partial charge in [-0.05, 0) is 13.8 Å². The summed E-state index contributed by atoms with van der Waals surface area (Å²) in [6.45, 7) is 4.35. The molecule has 2 heterocycles. The molecule has 0 aromatic carbocycles. The van der Waals surface area contributed by atoms with E-state index < -0.39 is 0 Å². The first kappa shape index (κ1) is 13.5. The predicted octanol–water partition coefficient (Wildman–Crippen LogP) is 1.17. The molecule has 3 N–H and O–H groups in total. The fourth-order valence-corrected chi connectivity index (χ4v) is 1.83. The number of nitrogens with one attached hydrogen (secondary N) is 1. The van der Waals surface area contributed by atoms with Crippen molar-refractivity contribution in [3.63, 3.8) is 0 Å². The number of aryl methyl sites for hydroxylation is 2. The first-order valence-corrected chi connectivity index (χ1v) is 6.02. The third-order valence-corrected chi connectivity index (χ3v) is 2.88. The predicted molar refractivity (Wildman–Crippen MR) is 68.3 cm³/mol. The molecule has 6 heteroatoms. The van der Waals surface area contributed by atoms with Gasteiger partial charge >= 0.3 is 0 Å². The molecular weight excluding hydrogens is 246 g/mol. The standard InChI is InChI=1S/C13H17N3O3/c1-8-3-11(19-16-8)5-14-6-12-10(7-17)4-15-9(2)13(12)18/h3-4,14,17-18H,5-7H2,1-2H3. The lowest BCUT2D eigenvalue weighted by Crippen LogP contribution is -2.14. The molecule has 102 valence electrons. The van der Waals surface area contributed by atoms with Gasteiger partial charge in [-0.15, -0.1) is 0 Å². The van der Waals surface area contributed by atoms with Crippen molar-refractivity contribution in [1.29, 1.82) is 0 Å². The van der Waals surface area contributed by atoms with Gasteiger partial charge in [0.1, 0.15) is 5.75 Å². The van der Waals surface area contributed by atoms with Gasteiger partial charge in [-0.25, -0.2) is 0 Å². The van der Waals surface area contributed by atoms with Gasteiger partial charge in [-0.3, -0.25) is 4.98 Å². The molecule has 2 aromatic heterocycles. The Morgan fingerprint density at radius 1 is 1.32 bits per heavy atom. The summed E-state index contributed by atoms with van der Waals surface area (Å²) in [6, 6.07) is 1.84. The monoisotopic (exact) mass is 263 g/mol. The number of aromatic hydroxyl groups is 1. The normalized spacial score (nSPS) is 10.9. The average molecular weight is 263 g/mol. The Morgan fingerprint density at radius 2 is 2.11 bits per heavy atom. The fraction of sp³-hybridized carbons (Fsp3) is 0.385. The Labute approximate surface area is 111 Å². The van der Waals surface area contributed by atoms with E-state index >= 15 is 0 Å². The lowest BCUT2D eigenvalue weighted by Gasteiger charge is -2.11. The first-order chi connectivity index (χ1) is 9.11. The molecule has 2 rings (SSSR count). The molecule has 0 fully saturated rings. The molecule has 0 spiro atoms. The zero-order valence-corrected chi connectivity index (χ0v) is 11.0. The fourth-order valence-electron chi connectivity index (χ4n) is 1.83. The summed E-state index contributed by atoms with van der Waals surface area (Å²) in [5, 5.41) is 26.1. The molecule has 0 atom stereocenters. The molecule has 2 aromatic rings.